The van der Waals surface area contributed by atoms with Gasteiger partial charge in [-0.3, -0.25) is 19.6 Å². The van der Waals surface area contributed by atoms with E-state index in [1.165, 1.54) is 0 Å². The van der Waals surface area contributed by atoms with Crippen LogP contribution in [0.1, 0.15) is 24.0 Å². The van der Waals surface area contributed by atoms with Crippen LogP contribution in [0, 0.1) is 11.8 Å². The van der Waals surface area contributed by atoms with Crippen molar-refractivity contribution in [3.05, 3.63) is 119 Å². The fourth-order valence-corrected chi connectivity index (χ4v) is 8.15. The zero-order valence-corrected chi connectivity index (χ0v) is 39.0. The zero-order chi connectivity index (χ0) is 42.4. The Hall–Kier alpha value is -3.81. The maximum absolute atomic E-state index is 12.4. The van der Waals surface area contributed by atoms with Crippen LogP contribution in [0.2, 0.25) is 5.02 Å². The standard InChI is InChI=1S/C20H22Br2N4O3.C15H21N3O3.C5H2Br2ClN/c21-16-10-23-11-17(22)18(16)26-9-6-15(12-26)19(27)24-7-8-25-20(28)29-13-14-4-2-1-3-5-14;19-14(13-6-7-16-10-13)17-8-9-18-15(20)21-11-12-4-2-1-3-5-12;6-3-1-9-2-4(7)5(3)8/h1-5,10-11,15H,6-9,12-13H2,(H,24,27)(H,25,28);1-5,13,16H,6-11H2,(H,17,19)(H,18,20);1-2H. The van der Waals surface area contributed by atoms with Crippen molar-refractivity contribution < 1.29 is 28.7 Å². The number of benzene rings is 2. The van der Waals surface area contributed by atoms with E-state index in [0.717, 1.165) is 67.2 Å². The van der Waals surface area contributed by atoms with Crippen LogP contribution in [0.5, 0.6) is 0 Å². The average Bonchev–Trinajstić information content (AvgIpc) is 3.97. The van der Waals surface area contributed by atoms with Gasteiger partial charge in [0, 0.05) is 70.6 Å². The summed E-state index contributed by atoms with van der Waals surface area (Å²) in [7, 11) is 0. The summed E-state index contributed by atoms with van der Waals surface area (Å²) in [6.07, 6.45) is 7.46. The van der Waals surface area contributed by atoms with Gasteiger partial charge < -0.3 is 41.0 Å². The minimum Gasteiger partial charge on any atom is -0.445 e. The van der Waals surface area contributed by atoms with E-state index < -0.39 is 12.2 Å². The lowest BCUT2D eigenvalue weighted by Crippen LogP contribution is -2.38. The normalized spacial score (nSPS) is 15.4. The second-order valence-electron chi connectivity index (χ2n) is 13.0. The van der Waals surface area contributed by atoms with E-state index in [9.17, 15) is 19.2 Å². The van der Waals surface area contributed by atoms with Gasteiger partial charge in [0.25, 0.3) is 0 Å². The van der Waals surface area contributed by atoms with Crippen molar-refractivity contribution in [3.8, 4) is 0 Å². The van der Waals surface area contributed by atoms with Gasteiger partial charge in [-0.2, -0.15) is 0 Å². The number of amides is 4. The number of anilines is 1. The third-order valence-electron chi connectivity index (χ3n) is 8.74. The van der Waals surface area contributed by atoms with Crippen LogP contribution in [0.25, 0.3) is 0 Å². The van der Waals surface area contributed by atoms with Crippen molar-refractivity contribution in [2.75, 3.05) is 57.3 Å². The molecule has 316 valence electrons. The molecule has 2 aromatic heterocycles. The summed E-state index contributed by atoms with van der Waals surface area (Å²) < 4.78 is 13.6. The molecule has 2 aliphatic rings. The number of nitrogens with one attached hydrogen (secondary N) is 5. The molecule has 2 unspecified atom stereocenters. The van der Waals surface area contributed by atoms with Crippen molar-refractivity contribution in [3.63, 3.8) is 0 Å². The van der Waals surface area contributed by atoms with Crippen LogP contribution in [-0.4, -0.2) is 86.3 Å². The van der Waals surface area contributed by atoms with E-state index in [4.69, 9.17) is 21.1 Å². The van der Waals surface area contributed by atoms with E-state index in [1.807, 2.05) is 60.7 Å². The fourth-order valence-electron chi connectivity index (χ4n) is 5.70. The Labute approximate surface area is 382 Å². The van der Waals surface area contributed by atoms with Crippen LogP contribution < -0.4 is 31.5 Å². The molecule has 2 aromatic carbocycles. The molecule has 2 saturated heterocycles. The molecule has 0 radical (unpaired) electrons. The number of aromatic nitrogens is 2. The number of hydrogen-bond donors (Lipinski definition) is 5. The number of carbonyl (C=O) groups is 4. The molecule has 14 nitrogen and oxygen atoms in total. The van der Waals surface area contributed by atoms with Crippen molar-refractivity contribution in [1.29, 1.82) is 0 Å². The van der Waals surface area contributed by atoms with E-state index in [-0.39, 0.29) is 36.9 Å². The Balaban J connectivity index is 0.000000222. The summed E-state index contributed by atoms with van der Waals surface area (Å²) in [6, 6.07) is 18.9. The number of carbonyl (C=O) groups excluding carboxylic acids is 4. The molecule has 19 heteroatoms. The van der Waals surface area contributed by atoms with Gasteiger partial charge in [0.05, 0.1) is 40.4 Å². The molecule has 5 N–H and O–H groups in total. The number of alkyl carbamates (subject to hydrolysis) is 2. The third-order valence-corrected chi connectivity index (χ3v) is 12.0. The molecular weight excluding hydrogens is 1040 g/mol. The Morgan fingerprint density at radius 2 is 1.12 bits per heavy atom. The van der Waals surface area contributed by atoms with Crippen LogP contribution in [0.4, 0.5) is 15.3 Å². The number of ether oxygens (including phenoxy) is 2. The average molecular weight is 1090 g/mol. The lowest BCUT2D eigenvalue weighted by atomic mass is 10.1. The summed E-state index contributed by atoms with van der Waals surface area (Å²) in [6.45, 7) is 4.97. The van der Waals surface area contributed by atoms with E-state index in [2.05, 4.69) is 105 Å². The van der Waals surface area contributed by atoms with Crippen LogP contribution in [0.15, 0.2) is 103 Å². The lowest BCUT2D eigenvalue weighted by molar-refractivity contribution is -0.125. The predicted molar refractivity (Wildman–Crippen MR) is 241 cm³/mol. The maximum atomic E-state index is 12.4. The Kier molecular flexibility index (Phi) is 21.4. The van der Waals surface area contributed by atoms with Gasteiger partial charge in [0.2, 0.25) is 11.8 Å². The highest BCUT2D eigenvalue weighted by atomic mass is 79.9. The highest BCUT2D eigenvalue weighted by Gasteiger charge is 2.30. The second kappa shape index (κ2) is 26.4. The maximum Gasteiger partial charge on any atom is 0.407 e. The molecule has 2 atom stereocenters. The molecule has 2 aliphatic heterocycles. The molecule has 4 aromatic rings. The first-order valence-electron chi connectivity index (χ1n) is 18.7. The van der Waals surface area contributed by atoms with Crippen LogP contribution in [-0.2, 0) is 32.3 Å². The van der Waals surface area contributed by atoms with Crippen molar-refractivity contribution >= 4 is 105 Å². The minimum absolute atomic E-state index is 0.00625. The summed E-state index contributed by atoms with van der Waals surface area (Å²) in [5.41, 5.74) is 2.88. The zero-order valence-electron chi connectivity index (χ0n) is 31.9. The van der Waals surface area contributed by atoms with Gasteiger partial charge in [0.1, 0.15) is 13.2 Å². The largest absolute Gasteiger partial charge is 0.445 e. The molecule has 59 heavy (non-hydrogen) atoms. The smallest absolute Gasteiger partial charge is 0.407 e. The van der Waals surface area contributed by atoms with Gasteiger partial charge in [0.15, 0.2) is 0 Å². The van der Waals surface area contributed by atoms with E-state index >= 15 is 0 Å². The summed E-state index contributed by atoms with van der Waals surface area (Å²) in [5, 5.41) is 14.7. The second-order valence-corrected chi connectivity index (χ2v) is 16.8. The molecular formula is C40H45Br4ClN8O6. The number of halogens is 5. The quantitative estimate of drug-likeness (QED) is 0.0851. The molecule has 0 bridgehead atoms. The molecule has 0 saturated carbocycles. The first-order chi connectivity index (χ1) is 28.5. The Bertz CT molecular complexity index is 1910. The SMILES string of the molecule is Clc1c(Br)cncc1Br.O=C(NCCNC(=O)C1CCN(c2c(Br)cncc2Br)C1)OCc1ccccc1.O=C(NCCNC(=O)C1CCNC1)OCc1ccccc1. The Morgan fingerprint density at radius 1 is 0.661 bits per heavy atom. The summed E-state index contributed by atoms with van der Waals surface area (Å²) in [4.78, 5) is 57.5. The van der Waals surface area contributed by atoms with Gasteiger partial charge in [-0.1, -0.05) is 72.3 Å². The summed E-state index contributed by atoms with van der Waals surface area (Å²) >= 11 is 19.2. The number of hydrogen-bond acceptors (Lipinski definition) is 10. The highest BCUT2D eigenvalue weighted by Crippen LogP contribution is 2.36. The van der Waals surface area contributed by atoms with Crippen molar-refractivity contribution in [2.45, 2.75) is 26.1 Å². The van der Waals surface area contributed by atoms with Gasteiger partial charge in [-0.15, -0.1) is 0 Å². The van der Waals surface area contributed by atoms with Crippen molar-refractivity contribution in [1.82, 2.24) is 36.6 Å². The van der Waals surface area contributed by atoms with E-state index in [0.29, 0.717) is 37.7 Å². The Morgan fingerprint density at radius 3 is 1.58 bits per heavy atom. The number of rotatable bonds is 13. The molecule has 4 amide bonds. The lowest BCUT2D eigenvalue weighted by Gasteiger charge is -2.21. The van der Waals surface area contributed by atoms with Crippen LogP contribution in [0.3, 0.4) is 0 Å². The first kappa shape index (κ1) is 47.9. The fraction of sp³-hybridized carbons (Fsp3) is 0.350. The van der Waals surface area contributed by atoms with Crippen molar-refractivity contribution in [2.24, 2.45) is 11.8 Å². The number of nitrogens with zero attached hydrogens (tertiary/aromatic N) is 3. The topological polar surface area (TPSA) is 176 Å². The van der Waals surface area contributed by atoms with E-state index in [1.54, 1.807) is 24.8 Å². The van der Waals surface area contributed by atoms with Gasteiger partial charge in [-0.25, -0.2) is 9.59 Å². The summed E-state index contributed by atoms with van der Waals surface area (Å²) in [5.74, 6) is -0.00487. The molecule has 2 fully saturated rings. The first-order valence-corrected chi connectivity index (χ1v) is 22.2. The minimum atomic E-state index is -0.498. The van der Waals surface area contributed by atoms with Gasteiger partial charge in [-0.05, 0) is 94.2 Å². The number of pyridine rings is 2. The highest BCUT2D eigenvalue weighted by molar-refractivity contribution is 9.11. The molecule has 0 aliphatic carbocycles. The third kappa shape index (κ3) is 17.4. The molecule has 4 heterocycles. The van der Waals surface area contributed by atoms with Gasteiger partial charge >= 0.3 is 12.2 Å². The monoisotopic (exact) mass is 1080 g/mol. The molecule has 0 spiro atoms. The molecule has 6 rings (SSSR count). The van der Waals surface area contributed by atoms with Crippen LogP contribution >= 0.6 is 75.3 Å². The predicted octanol–water partition coefficient (Wildman–Crippen LogP) is 7.37.